The van der Waals surface area contributed by atoms with E-state index in [1.165, 1.54) is 11.2 Å². The quantitative estimate of drug-likeness (QED) is 0.549. The van der Waals surface area contributed by atoms with Crippen LogP contribution in [0.1, 0.15) is 0 Å². The van der Waals surface area contributed by atoms with Crippen molar-refractivity contribution in [3.05, 3.63) is 18.4 Å². The van der Waals surface area contributed by atoms with Gasteiger partial charge in [-0.25, -0.2) is 0 Å². The van der Waals surface area contributed by atoms with Crippen molar-refractivity contribution in [2.45, 2.75) is 0 Å². The first kappa shape index (κ1) is 5.88. The number of anilines is 1. The Bertz CT molecular complexity index is 181. The standard InChI is InChI=1S/C6H7NO2/c1-7(5-8)6-3-2-4-9-6/h2-5H,1H3. The molecule has 0 aliphatic carbocycles. The van der Waals surface area contributed by atoms with E-state index in [9.17, 15) is 4.79 Å². The normalized spacial score (nSPS) is 9.00. The van der Waals surface area contributed by atoms with Crippen molar-refractivity contribution in [3.8, 4) is 0 Å². The average Bonchev–Trinajstić information content (AvgIpc) is 2.37. The number of nitrogens with zero attached hydrogens (tertiary/aromatic N) is 1. The molecule has 0 unspecified atom stereocenters. The highest BCUT2D eigenvalue weighted by atomic mass is 16.3. The van der Waals surface area contributed by atoms with Gasteiger partial charge in [0.25, 0.3) is 0 Å². The van der Waals surface area contributed by atoms with Gasteiger partial charge in [0, 0.05) is 13.1 Å². The minimum absolute atomic E-state index is 0.560. The largest absolute Gasteiger partial charge is 0.448 e. The predicted octanol–water partition coefficient (Wildman–Crippen LogP) is 0.872. The van der Waals surface area contributed by atoms with Crippen LogP contribution in [0.2, 0.25) is 0 Å². The van der Waals surface area contributed by atoms with Gasteiger partial charge in [-0.1, -0.05) is 0 Å². The van der Waals surface area contributed by atoms with Crippen molar-refractivity contribution in [2.75, 3.05) is 11.9 Å². The molecular formula is C6H7NO2. The van der Waals surface area contributed by atoms with Gasteiger partial charge in [0.1, 0.15) is 0 Å². The van der Waals surface area contributed by atoms with E-state index in [0.717, 1.165) is 0 Å². The summed E-state index contributed by atoms with van der Waals surface area (Å²) in [6, 6.07) is 3.45. The molecule has 0 N–H and O–H groups in total. The number of hydrogen-bond donors (Lipinski definition) is 0. The van der Waals surface area contributed by atoms with Crippen LogP contribution in [0.3, 0.4) is 0 Å². The number of furan rings is 1. The van der Waals surface area contributed by atoms with Gasteiger partial charge < -0.3 is 4.42 Å². The van der Waals surface area contributed by atoms with Gasteiger partial charge in [-0.3, -0.25) is 9.69 Å². The molecule has 9 heavy (non-hydrogen) atoms. The van der Waals surface area contributed by atoms with E-state index in [1.807, 2.05) is 0 Å². The Morgan fingerprint density at radius 1 is 1.78 bits per heavy atom. The van der Waals surface area contributed by atoms with Crippen molar-refractivity contribution >= 4 is 12.3 Å². The topological polar surface area (TPSA) is 33.5 Å². The summed E-state index contributed by atoms with van der Waals surface area (Å²) in [5.41, 5.74) is 0. The van der Waals surface area contributed by atoms with Crippen molar-refractivity contribution < 1.29 is 9.21 Å². The Balaban J connectivity index is 2.76. The number of carbonyl (C=O) groups is 1. The highest BCUT2D eigenvalue weighted by molar-refractivity contribution is 5.70. The van der Waals surface area contributed by atoms with E-state index >= 15 is 0 Å². The van der Waals surface area contributed by atoms with Gasteiger partial charge in [-0.05, 0) is 6.07 Å². The number of rotatable bonds is 2. The highest BCUT2D eigenvalue weighted by Gasteiger charge is 1.97. The zero-order valence-electron chi connectivity index (χ0n) is 5.07. The third-order valence-electron chi connectivity index (χ3n) is 1.01. The molecule has 1 aromatic heterocycles. The lowest BCUT2D eigenvalue weighted by atomic mass is 10.6. The van der Waals surface area contributed by atoms with Gasteiger partial charge >= 0.3 is 0 Å². The fourth-order valence-corrected chi connectivity index (χ4v) is 0.523. The van der Waals surface area contributed by atoms with Crippen molar-refractivity contribution in [1.82, 2.24) is 0 Å². The summed E-state index contributed by atoms with van der Waals surface area (Å²) < 4.78 is 4.88. The van der Waals surface area contributed by atoms with Gasteiger partial charge in [-0.15, -0.1) is 0 Å². The van der Waals surface area contributed by atoms with Crippen molar-refractivity contribution in [1.29, 1.82) is 0 Å². The monoisotopic (exact) mass is 125 g/mol. The summed E-state index contributed by atoms with van der Waals surface area (Å²) in [7, 11) is 1.63. The molecule has 0 radical (unpaired) electrons. The van der Waals surface area contributed by atoms with E-state index in [1.54, 1.807) is 19.2 Å². The van der Waals surface area contributed by atoms with E-state index in [-0.39, 0.29) is 0 Å². The molecule has 0 saturated heterocycles. The van der Waals surface area contributed by atoms with Crippen LogP contribution in [0.25, 0.3) is 0 Å². The fourth-order valence-electron chi connectivity index (χ4n) is 0.523. The Morgan fingerprint density at radius 3 is 3.00 bits per heavy atom. The molecule has 48 valence electrons. The van der Waals surface area contributed by atoms with Crippen LogP contribution >= 0.6 is 0 Å². The zero-order chi connectivity index (χ0) is 6.69. The molecular weight excluding hydrogens is 118 g/mol. The molecule has 0 aromatic carbocycles. The van der Waals surface area contributed by atoms with Crippen molar-refractivity contribution in [3.63, 3.8) is 0 Å². The van der Waals surface area contributed by atoms with Gasteiger partial charge in [0.15, 0.2) is 0 Å². The first-order valence-corrected chi connectivity index (χ1v) is 2.56. The summed E-state index contributed by atoms with van der Waals surface area (Å²) in [4.78, 5) is 11.4. The fraction of sp³-hybridized carbons (Fsp3) is 0.167. The van der Waals surface area contributed by atoms with Crippen LogP contribution < -0.4 is 4.90 Å². The van der Waals surface area contributed by atoms with Crippen LogP contribution in [0.15, 0.2) is 22.8 Å². The maximum Gasteiger partial charge on any atom is 0.216 e. The van der Waals surface area contributed by atoms with E-state index in [4.69, 9.17) is 4.42 Å². The highest BCUT2D eigenvalue weighted by Crippen LogP contribution is 2.09. The second-order valence-electron chi connectivity index (χ2n) is 1.67. The minimum Gasteiger partial charge on any atom is -0.448 e. The molecule has 1 aromatic rings. The second-order valence-corrected chi connectivity index (χ2v) is 1.67. The van der Waals surface area contributed by atoms with Gasteiger partial charge in [-0.2, -0.15) is 0 Å². The lowest BCUT2D eigenvalue weighted by Crippen LogP contribution is -2.12. The Kier molecular flexibility index (Phi) is 1.53. The first-order valence-electron chi connectivity index (χ1n) is 2.56. The Morgan fingerprint density at radius 2 is 2.56 bits per heavy atom. The lowest BCUT2D eigenvalue weighted by molar-refractivity contribution is -0.107. The number of hydrogen-bond acceptors (Lipinski definition) is 2. The summed E-state index contributed by atoms with van der Waals surface area (Å²) in [5.74, 6) is 0.560. The van der Waals surface area contributed by atoms with Crippen LogP contribution in [0.5, 0.6) is 0 Å². The smallest absolute Gasteiger partial charge is 0.216 e. The van der Waals surface area contributed by atoms with Crippen LogP contribution in [0, 0.1) is 0 Å². The zero-order valence-corrected chi connectivity index (χ0v) is 5.07. The third-order valence-corrected chi connectivity index (χ3v) is 1.01. The maximum atomic E-state index is 10.1. The van der Waals surface area contributed by atoms with Gasteiger partial charge in [0.05, 0.1) is 6.26 Å². The van der Waals surface area contributed by atoms with Crippen LogP contribution in [-0.4, -0.2) is 13.5 Å². The molecule has 3 nitrogen and oxygen atoms in total. The molecule has 0 aliphatic heterocycles. The molecule has 3 heteroatoms. The van der Waals surface area contributed by atoms with E-state index in [0.29, 0.717) is 12.3 Å². The molecule has 1 amide bonds. The molecule has 0 spiro atoms. The molecule has 0 atom stereocenters. The molecule has 0 saturated carbocycles. The maximum absolute atomic E-state index is 10.1. The Hall–Kier alpha value is -1.25. The molecule has 0 aliphatic rings. The summed E-state index contributed by atoms with van der Waals surface area (Å²) >= 11 is 0. The first-order chi connectivity index (χ1) is 4.34. The van der Waals surface area contributed by atoms with E-state index < -0.39 is 0 Å². The summed E-state index contributed by atoms with van der Waals surface area (Å²) in [6.07, 6.45) is 2.22. The third kappa shape index (κ3) is 1.10. The van der Waals surface area contributed by atoms with E-state index in [2.05, 4.69) is 0 Å². The molecule has 0 fully saturated rings. The Labute approximate surface area is 52.9 Å². The summed E-state index contributed by atoms with van der Waals surface area (Å²) in [6.45, 7) is 0. The molecule has 0 bridgehead atoms. The SMILES string of the molecule is CN(C=O)c1ccco1. The lowest BCUT2D eigenvalue weighted by Gasteiger charge is -2.02. The average molecular weight is 125 g/mol. The summed E-state index contributed by atoms with van der Waals surface area (Å²) in [5, 5.41) is 0. The predicted molar refractivity (Wildman–Crippen MR) is 33.2 cm³/mol. The van der Waals surface area contributed by atoms with Crippen LogP contribution in [-0.2, 0) is 4.79 Å². The number of amides is 1. The molecule has 1 rings (SSSR count). The number of carbonyl (C=O) groups excluding carboxylic acids is 1. The van der Waals surface area contributed by atoms with Gasteiger partial charge in [0.2, 0.25) is 12.3 Å². The minimum atomic E-state index is 0.560. The molecule has 1 heterocycles. The second kappa shape index (κ2) is 2.35. The van der Waals surface area contributed by atoms with Crippen molar-refractivity contribution in [2.24, 2.45) is 0 Å². The van der Waals surface area contributed by atoms with Crippen LogP contribution in [0.4, 0.5) is 5.88 Å².